The summed E-state index contributed by atoms with van der Waals surface area (Å²) < 4.78 is 2.40. The number of fused-ring (bicyclic) bond motifs is 2. The number of hydrogen-bond donors (Lipinski definition) is 1. The lowest BCUT2D eigenvalue weighted by molar-refractivity contribution is 1.45. The molecular formula is C21H15N3S2. The molecule has 2 heterocycles. The average molecular weight is 374 g/mol. The van der Waals surface area contributed by atoms with E-state index >= 15 is 0 Å². The van der Waals surface area contributed by atoms with Gasteiger partial charge in [0.25, 0.3) is 0 Å². The van der Waals surface area contributed by atoms with Crippen LogP contribution >= 0.6 is 22.7 Å². The normalized spacial score (nSPS) is 11.4. The molecule has 0 atom stereocenters. The summed E-state index contributed by atoms with van der Waals surface area (Å²) in [5.74, 6) is 0. The molecule has 0 spiro atoms. The smallest absolute Gasteiger partial charge is 0.124 e. The lowest BCUT2D eigenvalue weighted by Crippen LogP contribution is -1.83. The first-order valence-electron chi connectivity index (χ1n) is 8.30. The number of aromatic nitrogens is 2. The van der Waals surface area contributed by atoms with E-state index in [-0.39, 0.29) is 0 Å². The first-order valence-corrected chi connectivity index (χ1v) is 9.93. The predicted molar refractivity (Wildman–Crippen MR) is 113 cm³/mol. The highest BCUT2D eigenvalue weighted by Crippen LogP contribution is 2.35. The molecule has 126 valence electrons. The Morgan fingerprint density at radius 3 is 2.23 bits per heavy atom. The molecule has 2 aromatic heterocycles. The summed E-state index contributed by atoms with van der Waals surface area (Å²) in [6, 6.07) is 20.7. The number of nitrogens with zero attached hydrogens (tertiary/aromatic N) is 2. The monoisotopic (exact) mass is 373 g/mol. The number of rotatable bonds is 2. The second-order valence-corrected chi connectivity index (χ2v) is 8.38. The Bertz CT molecular complexity index is 1250. The van der Waals surface area contributed by atoms with Crippen LogP contribution in [0.1, 0.15) is 5.56 Å². The largest absolute Gasteiger partial charge is 0.399 e. The van der Waals surface area contributed by atoms with Gasteiger partial charge in [-0.05, 0) is 61.0 Å². The quantitative estimate of drug-likeness (QED) is 0.379. The second-order valence-electron chi connectivity index (χ2n) is 6.31. The molecule has 0 unspecified atom stereocenters. The number of thiazole rings is 2. The van der Waals surface area contributed by atoms with Gasteiger partial charge in [0.15, 0.2) is 0 Å². The summed E-state index contributed by atoms with van der Waals surface area (Å²) in [5, 5.41) is 2.05. The summed E-state index contributed by atoms with van der Waals surface area (Å²) >= 11 is 3.43. The summed E-state index contributed by atoms with van der Waals surface area (Å²) in [4.78, 5) is 9.61. The predicted octanol–water partition coefficient (Wildman–Crippen LogP) is 6.13. The van der Waals surface area contributed by atoms with E-state index < -0.39 is 0 Å². The minimum Gasteiger partial charge on any atom is -0.399 e. The highest BCUT2D eigenvalue weighted by molar-refractivity contribution is 7.22. The molecule has 5 heteroatoms. The van der Waals surface area contributed by atoms with Crippen LogP contribution in [0.15, 0.2) is 60.7 Å². The van der Waals surface area contributed by atoms with Gasteiger partial charge in [0.2, 0.25) is 0 Å². The molecular weight excluding hydrogens is 358 g/mol. The van der Waals surface area contributed by atoms with Gasteiger partial charge in [-0.1, -0.05) is 12.1 Å². The molecule has 0 aliphatic rings. The lowest BCUT2D eigenvalue weighted by atomic mass is 10.2. The van der Waals surface area contributed by atoms with Crippen molar-refractivity contribution in [1.29, 1.82) is 0 Å². The fourth-order valence-electron chi connectivity index (χ4n) is 2.96. The van der Waals surface area contributed by atoms with E-state index in [2.05, 4.69) is 43.3 Å². The molecule has 3 nitrogen and oxygen atoms in total. The molecule has 0 bridgehead atoms. The van der Waals surface area contributed by atoms with Crippen molar-refractivity contribution in [2.45, 2.75) is 6.92 Å². The van der Waals surface area contributed by atoms with E-state index in [1.165, 1.54) is 15.0 Å². The van der Waals surface area contributed by atoms with Gasteiger partial charge in [0.1, 0.15) is 10.0 Å². The zero-order valence-electron chi connectivity index (χ0n) is 14.1. The van der Waals surface area contributed by atoms with Crippen LogP contribution in [0.25, 0.3) is 41.6 Å². The van der Waals surface area contributed by atoms with Crippen molar-refractivity contribution >= 4 is 48.8 Å². The van der Waals surface area contributed by atoms with E-state index in [0.717, 1.165) is 37.9 Å². The van der Waals surface area contributed by atoms with Crippen LogP contribution < -0.4 is 5.73 Å². The van der Waals surface area contributed by atoms with E-state index in [9.17, 15) is 0 Å². The first kappa shape index (κ1) is 15.5. The van der Waals surface area contributed by atoms with Crippen molar-refractivity contribution in [3.8, 4) is 21.1 Å². The number of benzene rings is 3. The van der Waals surface area contributed by atoms with Crippen molar-refractivity contribution in [3.63, 3.8) is 0 Å². The molecule has 0 aliphatic carbocycles. The molecule has 0 radical (unpaired) electrons. The Balaban J connectivity index is 1.59. The van der Waals surface area contributed by atoms with Gasteiger partial charge in [-0.3, -0.25) is 0 Å². The average Bonchev–Trinajstić information content (AvgIpc) is 3.25. The van der Waals surface area contributed by atoms with Crippen LogP contribution in [0.5, 0.6) is 0 Å². The minimum atomic E-state index is 0.767. The van der Waals surface area contributed by atoms with Gasteiger partial charge in [0.05, 0.1) is 20.4 Å². The Morgan fingerprint density at radius 2 is 1.38 bits per heavy atom. The third-order valence-corrected chi connectivity index (χ3v) is 6.49. The molecule has 5 aromatic rings. The van der Waals surface area contributed by atoms with Crippen molar-refractivity contribution in [2.75, 3.05) is 5.73 Å². The summed E-state index contributed by atoms with van der Waals surface area (Å²) in [7, 11) is 0. The molecule has 2 N–H and O–H groups in total. The van der Waals surface area contributed by atoms with E-state index in [4.69, 9.17) is 15.7 Å². The summed E-state index contributed by atoms with van der Waals surface area (Å²) in [6.07, 6.45) is 0. The Kier molecular flexibility index (Phi) is 3.51. The zero-order valence-corrected chi connectivity index (χ0v) is 15.7. The maximum absolute atomic E-state index is 5.78. The van der Waals surface area contributed by atoms with Crippen LogP contribution in [0.2, 0.25) is 0 Å². The second kappa shape index (κ2) is 5.90. The fourth-order valence-corrected chi connectivity index (χ4v) is 4.98. The van der Waals surface area contributed by atoms with Gasteiger partial charge in [-0.15, -0.1) is 22.7 Å². The van der Waals surface area contributed by atoms with Gasteiger partial charge >= 0.3 is 0 Å². The number of nitrogen functional groups attached to an aromatic ring is 1. The van der Waals surface area contributed by atoms with Gasteiger partial charge in [-0.25, -0.2) is 9.97 Å². The molecule has 26 heavy (non-hydrogen) atoms. The highest BCUT2D eigenvalue weighted by atomic mass is 32.1. The minimum absolute atomic E-state index is 0.767. The maximum atomic E-state index is 5.78. The third-order valence-electron chi connectivity index (χ3n) is 4.34. The molecule has 0 fully saturated rings. The van der Waals surface area contributed by atoms with Gasteiger partial charge in [-0.2, -0.15) is 0 Å². The summed E-state index contributed by atoms with van der Waals surface area (Å²) in [5.41, 5.74) is 12.1. The van der Waals surface area contributed by atoms with Crippen molar-refractivity contribution in [1.82, 2.24) is 9.97 Å². The van der Waals surface area contributed by atoms with Crippen LogP contribution in [0.4, 0.5) is 5.69 Å². The van der Waals surface area contributed by atoms with Gasteiger partial charge < -0.3 is 5.73 Å². The van der Waals surface area contributed by atoms with E-state index in [0.29, 0.717) is 0 Å². The van der Waals surface area contributed by atoms with Crippen LogP contribution in [0, 0.1) is 6.92 Å². The molecule has 0 saturated carbocycles. The Hall–Kier alpha value is -2.76. The van der Waals surface area contributed by atoms with E-state index in [1.54, 1.807) is 22.7 Å². The molecule has 0 aliphatic heterocycles. The van der Waals surface area contributed by atoms with Crippen LogP contribution in [-0.2, 0) is 0 Å². The SMILES string of the molecule is Cc1ccc2nc(-c3ccc4sc(-c5ccc(N)cc5)nc4c3)sc2c1. The van der Waals surface area contributed by atoms with Crippen molar-refractivity contribution in [3.05, 3.63) is 66.2 Å². The Labute approximate surface area is 158 Å². The standard InChI is InChI=1S/C21H15N3S2/c1-12-2-8-16-19(10-12)26-21(23-16)14-5-9-18-17(11-14)24-20(25-18)13-3-6-15(22)7-4-13/h2-11H,22H2,1H3. The van der Waals surface area contributed by atoms with E-state index in [1.807, 2.05) is 24.3 Å². The number of hydrogen-bond acceptors (Lipinski definition) is 5. The number of aryl methyl sites for hydroxylation is 1. The lowest BCUT2D eigenvalue weighted by Gasteiger charge is -1.96. The molecule has 3 aromatic carbocycles. The highest BCUT2D eigenvalue weighted by Gasteiger charge is 2.11. The third kappa shape index (κ3) is 2.66. The number of anilines is 1. The van der Waals surface area contributed by atoms with Crippen molar-refractivity contribution < 1.29 is 0 Å². The Morgan fingerprint density at radius 1 is 0.692 bits per heavy atom. The molecule has 5 rings (SSSR count). The zero-order chi connectivity index (χ0) is 17.7. The fraction of sp³-hybridized carbons (Fsp3) is 0.0476. The van der Waals surface area contributed by atoms with Gasteiger partial charge in [0, 0.05) is 16.8 Å². The summed E-state index contributed by atoms with van der Waals surface area (Å²) in [6.45, 7) is 2.11. The van der Waals surface area contributed by atoms with Crippen LogP contribution in [0.3, 0.4) is 0 Å². The maximum Gasteiger partial charge on any atom is 0.124 e. The van der Waals surface area contributed by atoms with Crippen LogP contribution in [-0.4, -0.2) is 9.97 Å². The molecule has 0 saturated heterocycles. The number of nitrogens with two attached hydrogens (primary N) is 1. The van der Waals surface area contributed by atoms with Crippen molar-refractivity contribution in [2.24, 2.45) is 0 Å². The topological polar surface area (TPSA) is 51.8 Å². The molecule has 0 amide bonds. The first-order chi connectivity index (χ1) is 12.7.